The first kappa shape index (κ1) is 17.0. The molecule has 0 unspecified atom stereocenters. The molecule has 116 valence electrons. The van der Waals surface area contributed by atoms with E-state index in [0.717, 1.165) is 5.56 Å². The first-order valence-electron chi connectivity index (χ1n) is 5.96. The summed E-state index contributed by atoms with van der Waals surface area (Å²) in [6.45, 7) is -3.20. The predicted molar refractivity (Wildman–Crippen MR) is 66.4 cm³/mol. The van der Waals surface area contributed by atoms with Gasteiger partial charge < -0.3 is 14.7 Å². The van der Waals surface area contributed by atoms with Crippen molar-refractivity contribution in [3.05, 3.63) is 35.9 Å². The van der Waals surface area contributed by atoms with Gasteiger partial charge in [0, 0.05) is 0 Å². The second-order valence-electron chi connectivity index (χ2n) is 4.24. The SMILES string of the molecule is O=C(O)CN(CC(F)(F)F)C(=O)COCc1ccccc1. The lowest BCUT2D eigenvalue weighted by Crippen LogP contribution is -2.43. The van der Waals surface area contributed by atoms with Crippen LogP contribution in [0.25, 0.3) is 0 Å². The minimum atomic E-state index is -4.66. The molecule has 0 aromatic heterocycles. The highest BCUT2D eigenvalue weighted by atomic mass is 19.4. The number of hydrogen-bond donors (Lipinski definition) is 1. The van der Waals surface area contributed by atoms with Crippen LogP contribution in [-0.2, 0) is 20.9 Å². The fraction of sp³-hybridized carbons (Fsp3) is 0.385. The number of aliphatic carboxylic acids is 1. The van der Waals surface area contributed by atoms with E-state index in [0.29, 0.717) is 0 Å². The van der Waals surface area contributed by atoms with E-state index in [1.807, 2.05) is 0 Å². The fourth-order valence-corrected chi connectivity index (χ4v) is 1.53. The molecule has 0 radical (unpaired) electrons. The number of carboxylic acids is 1. The third-order valence-electron chi connectivity index (χ3n) is 2.39. The lowest BCUT2D eigenvalue weighted by Gasteiger charge is -2.22. The number of alkyl halides is 3. The number of carbonyl (C=O) groups excluding carboxylic acids is 1. The molecule has 0 atom stereocenters. The maximum atomic E-state index is 12.3. The first-order valence-corrected chi connectivity index (χ1v) is 5.96. The maximum Gasteiger partial charge on any atom is 0.406 e. The second-order valence-corrected chi connectivity index (χ2v) is 4.24. The Hall–Kier alpha value is -2.09. The Morgan fingerprint density at radius 3 is 2.33 bits per heavy atom. The van der Waals surface area contributed by atoms with Crippen LogP contribution in [0.1, 0.15) is 5.56 Å². The number of rotatable bonds is 7. The molecule has 0 fully saturated rings. The van der Waals surface area contributed by atoms with E-state index in [2.05, 4.69) is 0 Å². The van der Waals surface area contributed by atoms with Crippen molar-refractivity contribution in [1.82, 2.24) is 4.90 Å². The van der Waals surface area contributed by atoms with Crippen molar-refractivity contribution < 1.29 is 32.6 Å². The molecule has 21 heavy (non-hydrogen) atoms. The summed E-state index contributed by atoms with van der Waals surface area (Å²) in [4.78, 5) is 22.3. The van der Waals surface area contributed by atoms with Crippen LogP contribution in [0.15, 0.2) is 30.3 Å². The van der Waals surface area contributed by atoms with E-state index in [4.69, 9.17) is 9.84 Å². The zero-order chi connectivity index (χ0) is 15.9. The van der Waals surface area contributed by atoms with E-state index >= 15 is 0 Å². The fourth-order valence-electron chi connectivity index (χ4n) is 1.53. The van der Waals surface area contributed by atoms with E-state index in [-0.39, 0.29) is 11.5 Å². The van der Waals surface area contributed by atoms with Gasteiger partial charge >= 0.3 is 12.1 Å². The number of hydrogen-bond acceptors (Lipinski definition) is 3. The highest BCUT2D eigenvalue weighted by molar-refractivity contribution is 5.82. The molecule has 0 aliphatic rings. The van der Waals surface area contributed by atoms with Crippen LogP contribution < -0.4 is 0 Å². The van der Waals surface area contributed by atoms with Crippen LogP contribution in [-0.4, -0.2) is 47.8 Å². The predicted octanol–water partition coefficient (Wildman–Crippen LogP) is 1.68. The topological polar surface area (TPSA) is 66.8 Å². The molecule has 1 rings (SSSR count). The Kier molecular flexibility index (Phi) is 6.16. The molecule has 0 saturated carbocycles. The molecule has 0 heterocycles. The monoisotopic (exact) mass is 305 g/mol. The second kappa shape index (κ2) is 7.63. The van der Waals surface area contributed by atoms with Gasteiger partial charge in [0.25, 0.3) is 0 Å². The van der Waals surface area contributed by atoms with Crippen molar-refractivity contribution in [2.45, 2.75) is 12.8 Å². The van der Waals surface area contributed by atoms with Crippen molar-refractivity contribution >= 4 is 11.9 Å². The standard InChI is InChI=1S/C13H14F3NO4/c14-13(15,16)9-17(6-12(19)20)11(18)8-21-7-10-4-2-1-3-5-10/h1-5H,6-9H2,(H,19,20). The van der Waals surface area contributed by atoms with Gasteiger partial charge in [-0.2, -0.15) is 13.2 Å². The quantitative estimate of drug-likeness (QED) is 0.832. The zero-order valence-corrected chi connectivity index (χ0v) is 11.0. The summed E-state index contributed by atoms with van der Waals surface area (Å²) >= 11 is 0. The Labute approximate surface area is 118 Å². The van der Waals surface area contributed by atoms with Gasteiger partial charge in [0.2, 0.25) is 5.91 Å². The summed E-state index contributed by atoms with van der Waals surface area (Å²) in [6.07, 6.45) is -4.66. The number of ether oxygens (including phenoxy) is 1. The number of carbonyl (C=O) groups is 2. The molecule has 5 nitrogen and oxygen atoms in total. The summed E-state index contributed by atoms with van der Waals surface area (Å²) in [5.74, 6) is -2.54. The number of nitrogens with zero attached hydrogens (tertiary/aromatic N) is 1. The van der Waals surface area contributed by atoms with Gasteiger partial charge in [0.05, 0.1) is 6.61 Å². The van der Waals surface area contributed by atoms with Gasteiger partial charge in [-0.15, -0.1) is 0 Å². The van der Waals surface area contributed by atoms with Crippen molar-refractivity contribution in [2.24, 2.45) is 0 Å². The van der Waals surface area contributed by atoms with Crippen LogP contribution in [0.5, 0.6) is 0 Å². The Balaban J connectivity index is 2.50. The minimum Gasteiger partial charge on any atom is -0.480 e. The molecule has 8 heteroatoms. The minimum absolute atomic E-state index is 0.0551. The van der Waals surface area contributed by atoms with Crippen molar-refractivity contribution in [3.63, 3.8) is 0 Å². The van der Waals surface area contributed by atoms with Crippen LogP contribution in [0.4, 0.5) is 13.2 Å². The summed E-state index contributed by atoms with van der Waals surface area (Å²) in [7, 11) is 0. The number of amides is 1. The summed E-state index contributed by atoms with van der Waals surface area (Å²) in [5.41, 5.74) is 0.755. The molecule has 1 aromatic carbocycles. The van der Waals surface area contributed by atoms with Crippen molar-refractivity contribution in [1.29, 1.82) is 0 Å². The molecule has 1 aromatic rings. The van der Waals surface area contributed by atoms with Crippen LogP contribution >= 0.6 is 0 Å². The van der Waals surface area contributed by atoms with Crippen molar-refractivity contribution in [3.8, 4) is 0 Å². The number of benzene rings is 1. The van der Waals surface area contributed by atoms with Gasteiger partial charge in [0.1, 0.15) is 19.7 Å². The molecule has 0 aliphatic heterocycles. The molecule has 0 bridgehead atoms. The van der Waals surface area contributed by atoms with Gasteiger partial charge in [0.15, 0.2) is 0 Å². The Morgan fingerprint density at radius 2 is 1.81 bits per heavy atom. The lowest BCUT2D eigenvalue weighted by atomic mass is 10.2. The molecular weight excluding hydrogens is 291 g/mol. The molecule has 0 saturated heterocycles. The maximum absolute atomic E-state index is 12.3. The van der Waals surface area contributed by atoms with Gasteiger partial charge in [-0.3, -0.25) is 9.59 Å². The molecule has 1 N–H and O–H groups in total. The average Bonchev–Trinajstić information content (AvgIpc) is 2.37. The summed E-state index contributed by atoms with van der Waals surface area (Å²) in [6, 6.07) is 8.75. The molecule has 0 spiro atoms. The van der Waals surface area contributed by atoms with E-state index in [9.17, 15) is 22.8 Å². The normalized spacial score (nSPS) is 11.2. The highest BCUT2D eigenvalue weighted by Crippen LogP contribution is 2.16. The van der Waals surface area contributed by atoms with Crippen LogP contribution in [0.2, 0.25) is 0 Å². The van der Waals surface area contributed by atoms with Crippen LogP contribution in [0.3, 0.4) is 0 Å². The zero-order valence-electron chi connectivity index (χ0n) is 11.0. The molecule has 1 amide bonds. The van der Waals surface area contributed by atoms with Crippen LogP contribution in [0, 0.1) is 0 Å². The van der Waals surface area contributed by atoms with Gasteiger partial charge in [-0.05, 0) is 5.56 Å². The summed E-state index contributed by atoms with van der Waals surface area (Å²) < 4.78 is 41.8. The Bertz CT molecular complexity index is 476. The third kappa shape index (κ3) is 7.31. The smallest absolute Gasteiger partial charge is 0.406 e. The highest BCUT2D eigenvalue weighted by Gasteiger charge is 2.33. The molecular formula is C13H14F3NO4. The molecule has 0 aliphatic carbocycles. The third-order valence-corrected chi connectivity index (χ3v) is 2.39. The lowest BCUT2D eigenvalue weighted by molar-refractivity contribution is -0.168. The van der Waals surface area contributed by atoms with E-state index in [1.54, 1.807) is 30.3 Å². The van der Waals surface area contributed by atoms with Gasteiger partial charge in [-0.1, -0.05) is 30.3 Å². The van der Waals surface area contributed by atoms with E-state index < -0.39 is 37.7 Å². The number of halogens is 3. The number of carboxylic acid groups (broad SMARTS) is 1. The largest absolute Gasteiger partial charge is 0.480 e. The Morgan fingerprint density at radius 1 is 1.19 bits per heavy atom. The van der Waals surface area contributed by atoms with E-state index in [1.165, 1.54) is 0 Å². The van der Waals surface area contributed by atoms with Crippen molar-refractivity contribution in [2.75, 3.05) is 19.7 Å². The average molecular weight is 305 g/mol. The van der Waals surface area contributed by atoms with Gasteiger partial charge in [-0.25, -0.2) is 0 Å². The first-order chi connectivity index (χ1) is 9.78. The summed E-state index contributed by atoms with van der Waals surface area (Å²) in [5, 5.41) is 8.53.